The van der Waals surface area contributed by atoms with Crippen LogP contribution in [0.25, 0.3) is 10.9 Å². The Morgan fingerprint density at radius 2 is 2.11 bits per heavy atom. The molecule has 0 saturated carbocycles. The maximum Gasteiger partial charge on any atom is 0.353 e. The van der Waals surface area contributed by atoms with Gasteiger partial charge in [-0.2, -0.15) is 0 Å². The number of carbonyl (C=O) groups is 2. The number of aromatic hydroxyl groups is 1. The third-order valence-electron chi connectivity index (χ3n) is 2.17. The van der Waals surface area contributed by atoms with Crippen LogP contribution in [0, 0.1) is 0 Å². The molecule has 8 heteroatoms. The highest BCUT2D eigenvalue weighted by Crippen LogP contribution is 2.36. The normalized spacial score (nSPS) is 11.2. The van der Waals surface area contributed by atoms with Gasteiger partial charge in [0.1, 0.15) is 0 Å². The van der Waals surface area contributed by atoms with Crippen molar-refractivity contribution in [2.24, 2.45) is 16.0 Å². The van der Waals surface area contributed by atoms with E-state index >= 15 is 0 Å². The highest BCUT2D eigenvalue weighted by atomic mass is 79.9. The summed E-state index contributed by atoms with van der Waals surface area (Å²) in [6.07, 6.45) is 0. The molecule has 2 aromatic rings. The van der Waals surface area contributed by atoms with Gasteiger partial charge in [0.25, 0.3) is 0 Å². The van der Waals surface area contributed by atoms with Crippen molar-refractivity contribution in [3.05, 3.63) is 22.7 Å². The minimum Gasteiger partial charge on any atom is -0.493 e. The Kier molecular flexibility index (Phi) is 3.11. The van der Waals surface area contributed by atoms with Gasteiger partial charge < -0.3 is 15.8 Å². The Morgan fingerprint density at radius 3 is 2.78 bits per heavy atom. The zero-order valence-corrected chi connectivity index (χ0v) is 10.4. The Hall–Kier alpha value is -2.22. The van der Waals surface area contributed by atoms with Crippen LogP contribution < -0.4 is 5.73 Å². The van der Waals surface area contributed by atoms with Crippen molar-refractivity contribution in [3.63, 3.8) is 0 Å². The fourth-order valence-corrected chi connectivity index (χ4v) is 1.74. The molecular weight excluding hydrogens is 304 g/mol. The molecule has 2 amide bonds. The predicted molar refractivity (Wildman–Crippen MR) is 66.4 cm³/mol. The minimum absolute atomic E-state index is 0.0703. The average Bonchev–Trinajstić information content (AvgIpc) is 2.61. The number of amides is 2. The van der Waals surface area contributed by atoms with Crippen LogP contribution >= 0.6 is 15.9 Å². The highest BCUT2D eigenvalue weighted by molar-refractivity contribution is 9.10. The largest absolute Gasteiger partial charge is 0.493 e. The molecule has 0 unspecified atom stereocenters. The second kappa shape index (κ2) is 4.57. The van der Waals surface area contributed by atoms with Crippen molar-refractivity contribution >= 4 is 44.3 Å². The first kappa shape index (κ1) is 12.2. The molecule has 1 aromatic heterocycles. The van der Waals surface area contributed by atoms with Gasteiger partial charge in [0.2, 0.25) is 5.88 Å². The molecular formula is C10H7BrN4O3. The van der Waals surface area contributed by atoms with Crippen molar-refractivity contribution in [1.82, 2.24) is 4.98 Å². The quantitative estimate of drug-likeness (QED) is 0.549. The number of halogens is 1. The number of aromatic nitrogens is 1. The molecule has 2 rings (SSSR count). The Bertz CT molecular complexity index is 677. The van der Waals surface area contributed by atoms with E-state index in [0.29, 0.717) is 10.9 Å². The van der Waals surface area contributed by atoms with Crippen LogP contribution in [0.4, 0.5) is 5.69 Å². The van der Waals surface area contributed by atoms with Gasteiger partial charge in [-0.3, -0.25) is 9.59 Å². The summed E-state index contributed by atoms with van der Waals surface area (Å²) in [7, 11) is 0. The number of azo groups is 1. The van der Waals surface area contributed by atoms with E-state index in [4.69, 9.17) is 5.73 Å². The number of nitrogens with one attached hydrogen (secondary N) is 1. The molecule has 0 aliphatic carbocycles. The number of nitrogens with two attached hydrogens (primary N) is 1. The molecule has 0 spiro atoms. The van der Waals surface area contributed by atoms with E-state index in [0.717, 1.165) is 4.47 Å². The van der Waals surface area contributed by atoms with E-state index in [2.05, 4.69) is 31.1 Å². The molecule has 0 aliphatic heterocycles. The smallest absolute Gasteiger partial charge is 0.353 e. The number of hydrogen-bond acceptors (Lipinski definition) is 4. The van der Waals surface area contributed by atoms with E-state index in [9.17, 15) is 14.7 Å². The van der Waals surface area contributed by atoms with Crippen LogP contribution in [0.3, 0.4) is 0 Å². The van der Waals surface area contributed by atoms with Gasteiger partial charge >= 0.3 is 11.8 Å². The number of carbonyl (C=O) groups excluding carboxylic acids is 2. The van der Waals surface area contributed by atoms with Crippen molar-refractivity contribution in [1.29, 1.82) is 0 Å². The summed E-state index contributed by atoms with van der Waals surface area (Å²) >= 11 is 3.27. The first-order chi connectivity index (χ1) is 8.49. The fraction of sp³-hybridized carbons (Fsp3) is 0. The standard InChI is InChI=1S/C10H7BrN4O3/c11-4-1-2-6-5(3-4)7(9(17)13-6)14-15-10(18)8(12)16/h1-3,13,17H,(H2,12,16). The first-order valence-electron chi connectivity index (χ1n) is 4.74. The maximum absolute atomic E-state index is 10.9. The lowest BCUT2D eigenvalue weighted by Gasteiger charge is -1.92. The van der Waals surface area contributed by atoms with Crippen LogP contribution in [0.15, 0.2) is 32.9 Å². The van der Waals surface area contributed by atoms with E-state index in [-0.39, 0.29) is 11.6 Å². The first-order valence-corrected chi connectivity index (χ1v) is 5.54. The van der Waals surface area contributed by atoms with Gasteiger partial charge in [-0.1, -0.05) is 15.9 Å². The fourth-order valence-electron chi connectivity index (χ4n) is 1.38. The lowest BCUT2D eigenvalue weighted by Crippen LogP contribution is -2.20. The van der Waals surface area contributed by atoms with Gasteiger partial charge in [-0.05, 0) is 18.2 Å². The van der Waals surface area contributed by atoms with E-state index in [1.165, 1.54) is 0 Å². The second-order valence-electron chi connectivity index (χ2n) is 3.38. The lowest BCUT2D eigenvalue weighted by molar-refractivity contribution is -0.135. The molecule has 18 heavy (non-hydrogen) atoms. The second-order valence-corrected chi connectivity index (χ2v) is 4.30. The van der Waals surface area contributed by atoms with Gasteiger partial charge in [-0.15, -0.1) is 10.2 Å². The van der Waals surface area contributed by atoms with Gasteiger partial charge in [0, 0.05) is 9.86 Å². The summed E-state index contributed by atoms with van der Waals surface area (Å²) in [6, 6.07) is 5.18. The number of benzene rings is 1. The van der Waals surface area contributed by atoms with Crippen LogP contribution in [0.5, 0.6) is 5.88 Å². The molecule has 1 aromatic carbocycles. The zero-order valence-electron chi connectivity index (χ0n) is 8.85. The third kappa shape index (κ3) is 2.23. The number of aromatic amines is 1. The minimum atomic E-state index is -1.21. The monoisotopic (exact) mass is 310 g/mol. The third-order valence-corrected chi connectivity index (χ3v) is 2.66. The number of fused-ring (bicyclic) bond motifs is 1. The molecule has 0 bridgehead atoms. The van der Waals surface area contributed by atoms with Crippen molar-refractivity contribution < 1.29 is 14.7 Å². The average molecular weight is 311 g/mol. The molecule has 0 saturated heterocycles. The Labute approximate surface area is 109 Å². The molecule has 0 radical (unpaired) electrons. The maximum atomic E-state index is 10.9. The number of primary amides is 1. The SMILES string of the molecule is NC(=O)C(=O)N=Nc1c(O)[nH]c2ccc(Br)cc12. The Balaban J connectivity index is 2.50. The summed E-state index contributed by atoms with van der Waals surface area (Å²) < 4.78 is 0.770. The van der Waals surface area contributed by atoms with Gasteiger partial charge in [0.05, 0.1) is 5.52 Å². The summed E-state index contributed by atoms with van der Waals surface area (Å²) in [5.74, 6) is -2.64. The summed E-state index contributed by atoms with van der Waals surface area (Å²) in [5.41, 5.74) is 5.42. The number of rotatable bonds is 1. The van der Waals surface area contributed by atoms with Crippen molar-refractivity contribution in [2.75, 3.05) is 0 Å². The zero-order chi connectivity index (χ0) is 13.3. The lowest BCUT2D eigenvalue weighted by atomic mass is 10.2. The van der Waals surface area contributed by atoms with Crippen LogP contribution in [-0.4, -0.2) is 21.9 Å². The molecule has 0 fully saturated rings. The molecule has 0 atom stereocenters. The van der Waals surface area contributed by atoms with Crippen LogP contribution in [0.2, 0.25) is 0 Å². The molecule has 4 N–H and O–H groups in total. The summed E-state index contributed by atoms with van der Waals surface area (Å²) in [6.45, 7) is 0. The Morgan fingerprint density at radius 1 is 1.39 bits per heavy atom. The topological polar surface area (TPSA) is 121 Å². The number of H-pyrrole nitrogens is 1. The van der Waals surface area contributed by atoms with Crippen molar-refractivity contribution in [2.45, 2.75) is 0 Å². The van der Waals surface area contributed by atoms with E-state index in [1.807, 2.05) is 0 Å². The van der Waals surface area contributed by atoms with Crippen LogP contribution in [0.1, 0.15) is 0 Å². The van der Waals surface area contributed by atoms with Crippen molar-refractivity contribution in [3.8, 4) is 5.88 Å². The molecule has 7 nitrogen and oxygen atoms in total. The summed E-state index contributed by atoms with van der Waals surface area (Å²) in [4.78, 5) is 24.1. The highest BCUT2D eigenvalue weighted by Gasteiger charge is 2.12. The molecule has 92 valence electrons. The predicted octanol–water partition coefficient (Wildman–Crippen LogP) is 1.73. The molecule has 1 heterocycles. The van der Waals surface area contributed by atoms with Gasteiger partial charge in [-0.25, -0.2) is 0 Å². The number of nitrogens with zero attached hydrogens (tertiary/aromatic N) is 2. The van der Waals surface area contributed by atoms with E-state index in [1.54, 1.807) is 18.2 Å². The van der Waals surface area contributed by atoms with Crippen LogP contribution in [-0.2, 0) is 9.59 Å². The number of hydrogen-bond donors (Lipinski definition) is 3. The van der Waals surface area contributed by atoms with Gasteiger partial charge in [0.15, 0.2) is 5.69 Å². The summed E-state index contributed by atoms with van der Waals surface area (Å²) in [5, 5.41) is 16.8. The molecule has 0 aliphatic rings. The van der Waals surface area contributed by atoms with E-state index < -0.39 is 11.8 Å².